The number of hydrogen-bond acceptors (Lipinski definition) is 3. The van der Waals surface area contributed by atoms with Crippen LogP contribution in [0.15, 0.2) is 41.5 Å². The first kappa shape index (κ1) is 15.3. The first-order valence-corrected chi connectivity index (χ1v) is 8.01. The van der Waals surface area contributed by atoms with Crippen LogP contribution in [0.4, 0.5) is 0 Å². The largest absolute Gasteiger partial charge is 0.325 e. The maximum Gasteiger partial charge on any atom is 0.325 e. The van der Waals surface area contributed by atoms with Crippen LogP contribution in [-0.4, -0.2) is 52.1 Å². The summed E-state index contributed by atoms with van der Waals surface area (Å²) in [6.07, 6.45) is 3.49. The minimum Gasteiger partial charge on any atom is -0.313 e. The zero-order valence-corrected chi connectivity index (χ0v) is 13.3. The molecule has 0 unspecified atom stereocenters. The second-order valence-corrected chi connectivity index (χ2v) is 6.14. The zero-order chi connectivity index (χ0) is 15.4. The minimum atomic E-state index is -0.0282. The van der Waals surface area contributed by atoms with Crippen LogP contribution in [0.25, 0.3) is 0 Å². The van der Waals surface area contributed by atoms with Crippen LogP contribution in [0.5, 0.6) is 0 Å². The van der Waals surface area contributed by atoms with E-state index in [4.69, 9.17) is 11.6 Å². The molecule has 1 aliphatic heterocycles. The number of H-pyrrole nitrogens is 1. The molecular weight excluding hydrogens is 300 g/mol. The number of aromatic amines is 1. The number of aromatic nitrogens is 2. The minimum absolute atomic E-state index is 0.0282. The molecule has 2 aromatic rings. The Kier molecular flexibility index (Phi) is 4.97. The molecule has 1 N–H and O–H groups in total. The van der Waals surface area contributed by atoms with Crippen molar-refractivity contribution in [3.63, 3.8) is 0 Å². The van der Waals surface area contributed by atoms with E-state index in [2.05, 4.69) is 20.9 Å². The van der Waals surface area contributed by atoms with Crippen LogP contribution in [0, 0.1) is 0 Å². The van der Waals surface area contributed by atoms with E-state index in [1.165, 1.54) is 5.56 Å². The fourth-order valence-electron chi connectivity index (χ4n) is 2.84. The molecule has 6 heteroatoms. The molecule has 0 amide bonds. The van der Waals surface area contributed by atoms with Gasteiger partial charge < -0.3 is 4.98 Å². The van der Waals surface area contributed by atoms with Crippen molar-refractivity contribution in [3.05, 3.63) is 57.7 Å². The third-order valence-corrected chi connectivity index (χ3v) is 4.37. The molecule has 1 aromatic carbocycles. The Morgan fingerprint density at radius 3 is 2.55 bits per heavy atom. The predicted octanol–water partition coefficient (Wildman–Crippen LogP) is 1.65. The first-order chi connectivity index (χ1) is 10.7. The van der Waals surface area contributed by atoms with Gasteiger partial charge in [0, 0.05) is 63.2 Å². The molecule has 1 aromatic heterocycles. The zero-order valence-electron chi connectivity index (χ0n) is 12.5. The van der Waals surface area contributed by atoms with Gasteiger partial charge >= 0.3 is 5.69 Å². The van der Waals surface area contributed by atoms with Gasteiger partial charge in [-0.25, -0.2) is 4.79 Å². The van der Waals surface area contributed by atoms with Crippen LogP contribution in [-0.2, 0) is 13.1 Å². The number of piperazine rings is 1. The number of hydrogen-bond donors (Lipinski definition) is 1. The lowest BCUT2D eigenvalue weighted by Crippen LogP contribution is -2.47. The molecule has 0 saturated carbocycles. The SMILES string of the molecule is O=c1[nH]ccn1CCN1CCN(Cc2cccc(Cl)c2)CC1. The first-order valence-electron chi connectivity index (χ1n) is 7.64. The molecule has 0 radical (unpaired) electrons. The second-order valence-electron chi connectivity index (χ2n) is 5.71. The third kappa shape index (κ3) is 4.00. The van der Waals surface area contributed by atoms with Crippen molar-refractivity contribution in [1.29, 1.82) is 0 Å². The van der Waals surface area contributed by atoms with E-state index in [-0.39, 0.29) is 5.69 Å². The molecule has 0 aliphatic carbocycles. The topological polar surface area (TPSA) is 44.3 Å². The van der Waals surface area contributed by atoms with Gasteiger partial charge in [0.1, 0.15) is 0 Å². The van der Waals surface area contributed by atoms with Gasteiger partial charge in [-0.05, 0) is 17.7 Å². The van der Waals surface area contributed by atoms with Gasteiger partial charge in [0.05, 0.1) is 0 Å². The van der Waals surface area contributed by atoms with E-state index in [0.29, 0.717) is 0 Å². The smallest absolute Gasteiger partial charge is 0.313 e. The van der Waals surface area contributed by atoms with Gasteiger partial charge in [0.25, 0.3) is 0 Å². The normalized spacial score (nSPS) is 17.0. The van der Waals surface area contributed by atoms with E-state index < -0.39 is 0 Å². The van der Waals surface area contributed by atoms with E-state index >= 15 is 0 Å². The molecule has 0 atom stereocenters. The van der Waals surface area contributed by atoms with Gasteiger partial charge in [-0.15, -0.1) is 0 Å². The highest BCUT2D eigenvalue weighted by atomic mass is 35.5. The van der Waals surface area contributed by atoms with E-state index in [9.17, 15) is 4.79 Å². The number of nitrogens with one attached hydrogen (secondary N) is 1. The monoisotopic (exact) mass is 320 g/mol. The summed E-state index contributed by atoms with van der Waals surface area (Å²) >= 11 is 6.03. The molecule has 3 rings (SSSR count). The van der Waals surface area contributed by atoms with Crippen molar-refractivity contribution in [2.75, 3.05) is 32.7 Å². The van der Waals surface area contributed by atoms with E-state index in [1.807, 2.05) is 18.2 Å². The Morgan fingerprint density at radius 1 is 1.09 bits per heavy atom. The maximum atomic E-state index is 11.4. The maximum absolute atomic E-state index is 11.4. The summed E-state index contributed by atoms with van der Waals surface area (Å²) in [5.74, 6) is 0. The Hall–Kier alpha value is -1.56. The van der Waals surface area contributed by atoms with Gasteiger partial charge in [-0.2, -0.15) is 0 Å². The van der Waals surface area contributed by atoms with Crippen LogP contribution in [0.2, 0.25) is 5.02 Å². The summed E-state index contributed by atoms with van der Waals surface area (Å²) < 4.78 is 1.72. The lowest BCUT2D eigenvalue weighted by Gasteiger charge is -2.34. The summed E-state index contributed by atoms with van der Waals surface area (Å²) in [7, 11) is 0. The van der Waals surface area contributed by atoms with Crippen LogP contribution in [0.1, 0.15) is 5.56 Å². The molecule has 5 nitrogen and oxygen atoms in total. The van der Waals surface area contributed by atoms with Crippen LogP contribution >= 0.6 is 11.6 Å². The molecule has 118 valence electrons. The summed E-state index contributed by atoms with van der Waals surface area (Å²) in [5.41, 5.74) is 1.24. The number of halogens is 1. The summed E-state index contributed by atoms with van der Waals surface area (Å²) in [6, 6.07) is 8.07. The quantitative estimate of drug-likeness (QED) is 0.911. The fourth-order valence-corrected chi connectivity index (χ4v) is 3.05. The average Bonchev–Trinajstić information content (AvgIpc) is 2.92. The highest BCUT2D eigenvalue weighted by Gasteiger charge is 2.16. The second kappa shape index (κ2) is 7.13. The van der Waals surface area contributed by atoms with Crippen molar-refractivity contribution in [1.82, 2.24) is 19.4 Å². The Labute approximate surface area is 135 Å². The van der Waals surface area contributed by atoms with Crippen molar-refractivity contribution in [2.24, 2.45) is 0 Å². The number of rotatable bonds is 5. The van der Waals surface area contributed by atoms with Gasteiger partial charge in [-0.3, -0.25) is 14.4 Å². The third-order valence-electron chi connectivity index (χ3n) is 4.14. The Morgan fingerprint density at radius 2 is 1.86 bits per heavy atom. The summed E-state index contributed by atoms with van der Waals surface area (Å²) in [5, 5.41) is 0.799. The molecule has 0 spiro atoms. The molecule has 1 fully saturated rings. The van der Waals surface area contributed by atoms with Crippen LogP contribution in [0.3, 0.4) is 0 Å². The summed E-state index contributed by atoms with van der Waals surface area (Å²) in [6.45, 7) is 6.80. The van der Waals surface area contributed by atoms with Crippen LogP contribution < -0.4 is 5.69 Å². The molecule has 1 aliphatic rings. The lowest BCUT2D eigenvalue weighted by atomic mass is 10.2. The fraction of sp³-hybridized carbons (Fsp3) is 0.438. The van der Waals surface area contributed by atoms with Gasteiger partial charge in [-0.1, -0.05) is 23.7 Å². The lowest BCUT2D eigenvalue weighted by molar-refractivity contribution is 0.124. The Balaban J connectivity index is 1.44. The van der Waals surface area contributed by atoms with Crippen molar-refractivity contribution in [2.45, 2.75) is 13.1 Å². The standard InChI is InChI=1S/C16H21ClN4O/c17-15-3-1-2-14(12-15)13-20-8-6-19(7-9-20)10-11-21-5-4-18-16(21)22/h1-5,12H,6-11,13H2,(H,18,22). The average molecular weight is 321 g/mol. The number of nitrogens with zero attached hydrogens (tertiary/aromatic N) is 3. The Bertz CT molecular complexity index is 658. The van der Waals surface area contributed by atoms with Gasteiger partial charge in [0.15, 0.2) is 0 Å². The molecule has 0 bridgehead atoms. The number of imidazole rings is 1. The predicted molar refractivity (Wildman–Crippen MR) is 88.2 cm³/mol. The van der Waals surface area contributed by atoms with Gasteiger partial charge in [0.2, 0.25) is 0 Å². The van der Waals surface area contributed by atoms with Crippen molar-refractivity contribution in [3.8, 4) is 0 Å². The molecule has 22 heavy (non-hydrogen) atoms. The van der Waals surface area contributed by atoms with Crippen molar-refractivity contribution >= 4 is 11.6 Å². The van der Waals surface area contributed by atoms with Crippen molar-refractivity contribution < 1.29 is 0 Å². The van der Waals surface area contributed by atoms with E-state index in [1.54, 1.807) is 17.0 Å². The number of benzene rings is 1. The highest BCUT2D eigenvalue weighted by molar-refractivity contribution is 6.30. The summed E-state index contributed by atoms with van der Waals surface area (Å²) in [4.78, 5) is 19.0. The molecular formula is C16H21ClN4O. The molecule has 2 heterocycles. The highest BCUT2D eigenvalue weighted by Crippen LogP contribution is 2.13. The molecule has 1 saturated heterocycles. The van der Waals surface area contributed by atoms with E-state index in [0.717, 1.165) is 50.8 Å².